The van der Waals surface area contributed by atoms with Crippen LogP contribution in [0.15, 0.2) is 5.57 Å². The lowest BCUT2D eigenvalue weighted by Crippen LogP contribution is -2.50. The Kier molecular flexibility index (Phi) is 3.47. The van der Waals surface area contributed by atoms with E-state index in [1.54, 1.807) is 5.94 Å². The molecule has 2 bridgehead atoms. The van der Waals surface area contributed by atoms with Gasteiger partial charge in [0.2, 0.25) is 0 Å². The second-order valence-electron chi connectivity index (χ2n) is 4.00. The van der Waals surface area contributed by atoms with Gasteiger partial charge in [-0.05, 0) is 0 Å². The second kappa shape index (κ2) is 4.89. The molecule has 2 rings (SSSR count). The summed E-state index contributed by atoms with van der Waals surface area (Å²) in [5.74, 6) is 0.488. The van der Waals surface area contributed by atoms with Gasteiger partial charge >= 0.3 is 11.9 Å². The van der Waals surface area contributed by atoms with E-state index in [-0.39, 0.29) is 12.2 Å². The van der Waals surface area contributed by atoms with Gasteiger partial charge < -0.3 is 18.9 Å². The fraction of sp³-hybridized carbons (Fsp3) is 0.636. The van der Waals surface area contributed by atoms with Crippen LogP contribution in [0.5, 0.6) is 0 Å². The molecule has 98 valence electrons. The highest BCUT2D eigenvalue weighted by Crippen LogP contribution is 2.34. The normalized spacial score (nSPS) is 33.8. The summed E-state index contributed by atoms with van der Waals surface area (Å²) in [6, 6.07) is 0. The topological polar surface area (TPSA) is 88.1 Å². The first-order valence-electron chi connectivity index (χ1n) is 5.39. The Labute approximate surface area is 103 Å². The largest absolute Gasteiger partial charge is 0.455 e. The summed E-state index contributed by atoms with van der Waals surface area (Å²) in [5.41, 5.74) is -0.00907. The van der Waals surface area contributed by atoms with Gasteiger partial charge in [-0.3, -0.25) is 9.59 Å². The van der Waals surface area contributed by atoms with Gasteiger partial charge in [0, 0.05) is 13.8 Å². The van der Waals surface area contributed by atoms with Crippen molar-refractivity contribution >= 4 is 17.9 Å². The lowest BCUT2D eigenvalue weighted by atomic mass is 9.99. The molecule has 0 N–H and O–H groups in total. The maximum absolute atomic E-state index is 11.1. The van der Waals surface area contributed by atoms with E-state index < -0.39 is 36.5 Å². The van der Waals surface area contributed by atoms with Crippen molar-refractivity contribution in [3.05, 3.63) is 5.57 Å². The Morgan fingerprint density at radius 3 is 2.50 bits per heavy atom. The number of rotatable bonds is 2. The maximum Gasteiger partial charge on any atom is 0.303 e. The van der Waals surface area contributed by atoms with Crippen molar-refractivity contribution in [1.82, 2.24) is 0 Å². The minimum atomic E-state index is -1.00. The lowest BCUT2D eigenvalue weighted by Gasteiger charge is -2.33. The van der Waals surface area contributed by atoms with E-state index in [0.717, 1.165) is 0 Å². The molecule has 4 unspecified atom stereocenters. The van der Waals surface area contributed by atoms with Crippen molar-refractivity contribution in [3.8, 4) is 0 Å². The van der Waals surface area contributed by atoms with Gasteiger partial charge in [-0.1, -0.05) is 0 Å². The van der Waals surface area contributed by atoms with Crippen LogP contribution in [-0.4, -0.2) is 49.1 Å². The molecule has 4 atom stereocenters. The lowest BCUT2D eigenvalue weighted by molar-refractivity contribution is -0.185. The minimum Gasteiger partial charge on any atom is -0.455 e. The highest BCUT2D eigenvalue weighted by Gasteiger charge is 2.51. The van der Waals surface area contributed by atoms with E-state index in [1.807, 2.05) is 0 Å². The molecule has 2 aliphatic heterocycles. The third kappa shape index (κ3) is 2.28. The zero-order valence-corrected chi connectivity index (χ0v) is 9.87. The zero-order chi connectivity index (χ0) is 13.3. The van der Waals surface area contributed by atoms with Crippen LogP contribution >= 0.6 is 0 Å². The van der Waals surface area contributed by atoms with Gasteiger partial charge in [0.05, 0.1) is 6.61 Å². The molecule has 0 spiro atoms. The third-order valence-corrected chi connectivity index (χ3v) is 2.65. The van der Waals surface area contributed by atoms with Crippen LogP contribution in [0.3, 0.4) is 0 Å². The number of esters is 2. The molecule has 0 aromatic heterocycles. The van der Waals surface area contributed by atoms with Gasteiger partial charge in [0.25, 0.3) is 0 Å². The van der Waals surface area contributed by atoms with Crippen LogP contribution < -0.4 is 0 Å². The number of carbonyl (C=O) groups is 2. The first-order valence-corrected chi connectivity index (χ1v) is 5.39. The molecule has 0 aliphatic carbocycles. The van der Waals surface area contributed by atoms with Crippen molar-refractivity contribution in [2.24, 2.45) is 0 Å². The fourth-order valence-corrected chi connectivity index (χ4v) is 2.01. The average Bonchev–Trinajstić information content (AvgIpc) is 2.69. The van der Waals surface area contributed by atoms with Crippen LogP contribution in [0, 0.1) is 0 Å². The van der Waals surface area contributed by atoms with Gasteiger partial charge in [-0.2, -0.15) is 0 Å². The van der Waals surface area contributed by atoms with Gasteiger partial charge in [0.15, 0.2) is 18.5 Å². The Bertz CT molecular complexity index is 423. The number of hydrogen-bond donors (Lipinski definition) is 0. The fourth-order valence-electron chi connectivity index (χ4n) is 2.01. The Morgan fingerprint density at radius 2 is 1.94 bits per heavy atom. The molecule has 0 saturated carbocycles. The molecule has 0 aromatic carbocycles. The summed E-state index contributed by atoms with van der Waals surface area (Å²) in [4.78, 5) is 33.0. The molecule has 0 aromatic rings. The van der Waals surface area contributed by atoms with Crippen molar-refractivity contribution < 1.29 is 33.3 Å². The third-order valence-electron chi connectivity index (χ3n) is 2.65. The first-order chi connectivity index (χ1) is 8.52. The summed E-state index contributed by atoms with van der Waals surface area (Å²) in [6.07, 6.45) is -3.33. The highest BCUT2D eigenvalue weighted by atomic mass is 16.7. The first kappa shape index (κ1) is 12.8. The molecule has 2 fully saturated rings. The van der Waals surface area contributed by atoms with Gasteiger partial charge in [-0.25, -0.2) is 4.79 Å². The Morgan fingerprint density at radius 1 is 1.28 bits per heavy atom. The maximum atomic E-state index is 11.1. The predicted molar refractivity (Wildman–Crippen MR) is 54.9 cm³/mol. The van der Waals surface area contributed by atoms with E-state index in [9.17, 15) is 14.4 Å². The van der Waals surface area contributed by atoms with Crippen LogP contribution in [0.25, 0.3) is 0 Å². The van der Waals surface area contributed by atoms with E-state index in [0.29, 0.717) is 0 Å². The van der Waals surface area contributed by atoms with E-state index in [2.05, 4.69) is 0 Å². The average molecular weight is 256 g/mol. The summed E-state index contributed by atoms with van der Waals surface area (Å²) >= 11 is 0. The van der Waals surface area contributed by atoms with E-state index in [4.69, 9.17) is 18.9 Å². The molecule has 18 heavy (non-hydrogen) atoms. The number of carbonyl (C=O) groups excluding carboxylic acids is 3. The molecular formula is C11H12O7. The SMILES string of the molecule is CC(=O)OC1C(=C=O)C2OCC(O2)C1OC(C)=O. The summed E-state index contributed by atoms with van der Waals surface area (Å²) in [5, 5.41) is 0. The minimum absolute atomic E-state index is 0.00907. The molecule has 2 aliphatic rings. The van der Waals surface area contributed by atoms with E-state index in [1.165, 1.54) is 13.8 Å². The van der Waals surface area contributed by atoms with Gasteiger partial charge in [-0.15, -0.1) is 0 Å². The summed E-state index contributed by atoms with van der Waals surface area (Å²) < 4.78 is 20.6. The number of ether oxygens (including phenoxy) is 4. The molecule has 0 amide bonds. The summed E-state index contributed by atoms with van der Waals surface area (Å²) in [7, 11) is 0. The standard InChI is InChI=1S/C11H12O7/c1-5(13)16-9-7(3-12)11-15-4-8(18-11)10(9)17-6(2)14/h8-11H,4H2,1-2H3. The van der Waals surface area contributed by atoms with Crippen molar-refractivity contribution in [1.29, 1.82) is 0 Å². The van der Waals surface area contributed by atoms with Gasteiger partial charge in [0.1, 0.15) is 17.6 Å². The monoisotopic (exact) mass is 256 g/mol. The zero-order valence-electron chi connectivity index (χ0n) is 9.87. The number of fused-ring (bicyclic) bond motifs is 2. The van der Waals surface area contributed by atoms with Crippen LogP contribution in [-0.2, 0) is 33.3 Å². The van der Waals surface area contributed by atoms with Crippen molar-refractivity contribution in [2.75, 3.05) is 6.61 Å². The van der Waals surface area contributed by atoms with Crippen molar-refractivity contribution in [2.45, 2.75) is 38.4 Å². The molecule has 2 heterocycles. The molecule has 7 heteroatoms. The van der Waals surface area contributed by atoms with E-state index >= 15 is 0 Å². The smallest absolute Gasteiger partial charge is 0.303 e. The molecular weight excluding hydrogens is 244 g/mol. The predicted octanol–water partition coefficient (Wildman–Crippen LogP) is -0.637. The molecule has 0 radical (unpaired) electrons. The molecule has 7 nitrogen and oxygen atoms in total. The Balaban J connectivity index is 2.29. The second-order valence-corrected chi connectivity index (χ2v) is 4.00. The quantitative estimate of drug-likeness (QED) is 0.479. The number of hydrogen-bond acceptors (Lipinski definition) is 7. The van der Waals surface area contributed by atoms with Crippen LogP contribution in [0.2, 0.25) is 0 Å². The van der Waals surface area contributed by atoms with Crippen LogP contribution in [0.4, 0.5) is 0 Å². The Hall–Kier alpha value is -1.69. The highest BCUT2D eigenvalue weighted by molar-refractivity contribution is 5.69. The van der Waals surface area contributed by atoms with Crippen molar-refractivity contribution in [3.63, 3.8) is 0 Å². The van der Waals surface area contributed by atoms with Crippen LogP contribution in [0.1, 0.15) is 13.8 Å². The molecule has 2 saturated heterocycles. The summed E-state index contributed by atoms with van der Waals surface area (Å²) in [6.45, 7) is 2.58.